The molecule has 3 heteroatoms. The first-order valence-electron chi connectivity index (χ1n) is 5.10. The molecule has 1 aromatic carbocycles. The van der Waals surface area contributed by atoms with E-state index in [1.165, 1.54) is 0 Å². The molecule has 0 fully saturated rings. The summed E-state index contributed by atoms with van der Waals surface area (Å²) in [6.45, 7) is 7.42. The minimum Gasteiger partial charge on any atom is -0.452 e. The second kappa shape index (κ2) is 4.34. The SMILES string of the molecule is CC.CC1(C)OC(=O)c2ccccc2O1. The van der Waals surface area contributed by atoms with Gasteiger partial charge in [-0.05, 0) is 12.1 Å². The topological polar surface area (TPSA) is 35.5 Å². The second-order valence-corrected chi connectivity index (χ2v) is 3.39. The molecule has 1 aliphatic heterocycles. The largest absolute Gasteiger partial charge is 0.452 e. The minimum atomic E-state index is -0.856. The zero-order chi connectivity index (χ0) is 11.5. The Hall–Kier alpha value is -1.51. The Bertz CT molecular complexity index is 356. The molecule has 3 nitrogen and oxygen atoms in total. The fourth-order valence-corrected chi connectivity index (χ4v) is 1.29. The lowest BCUT2D eigenvalue weighted by molar-refractivity contribution is -0.127. The summed E-state index contributed by atoms with van der Waals surface area (Å²) in [6.07, 6.45) is 0. The fourth-order valence-electron chi connectivity index (χ4n) is 1.29. The first-order chi connectivity index (χ1) is 7.08. The number of carbonyl (C=O) groups is 1. The first-order valence-corrected chi connectivity index (χ1v) is 5.10. The summed E-state index contributed by atoms with van der Waals surface area (Å²) in [5.41, 5.74) is 0.488. The smallest absolute Gasteiger partial charge is 0.345 e. The highest BCUT2D eigenvalue weighted by atomic mass is 16.7. The van der Waals surface area contributed by atoms with Gasteiger partial charge in [0.1, 0.15) is 11.3 Å². The van der Waals surface area contributed by atoms with Crippen LogP contribution in [0.3, 0.4) is 0 Å². The van der Waals surface area contributed by atoms with Gasteiger partial charge in [0.15, 0.2) is 0 Å². The van der Waals surface area contributed by atoms with Gasteiger partial charge in [0.2, 0.25) is 5.79 Å². The van der Waals surface area contributed by atoms with Gasteiger partial charge in [-0.3, -0.25) is 0 Å². The molecule has 0 saturated heterocycles. The average Bonchev–Trinajstić information content (AvgIpc) is 2.19. The van der Waals surface area contributed by atoms with E-state index in [0.717, 1.165) is 0 Å². The van der Waals surface area contributed by atoms with Gasteiger partial charge in [-0.1, -0.05) is 26.0 Å². The van der Waals surface area contributed by atoms with E-state index < -0.39 is 5.79 Å². The van der Waals surface area contributed by atoms with Gasteiger partial charge in [0.05, 0.1) is 0 Å². The standard InChI is InChI=1S/C10H10O3.C2H6/c1-10(2)12-8-6-4-3-5-7(8)9(11)13-10;1-2/h3-6H,1-2H3;1-2H3. The molecule has 0 atom stereocenters. The van der Waals surface area contributed by atoms with Crippen molar-refractivity contribution in [2.75, 3.05) is 0 Å². The summed E-state index contributed by atoms with van der Waals surface area (Å²) in [7, 11) is 0. The van der Waals surface area contributed by atoms with Crippen molar-refractivity contribution in [2.24, 2.45) is 0 Å². The molecule has 0 N–H and O–H groups in total. The van der Waals surface area contributed by atoms with Gasteiger partial charge >= 0.3 is 5.97 Å². The minimum absolute atomic E-state index is 0.327. The molecule has 0 spiro atoms. The van der Waals surface area contributed by atoms with E-state index >= 15 is 0 Å². The Morgan fingerprint density at radius 2 is 1.67 bits per heavy atom. The van der Waals surface area contributed by atoms with Gasteiger partial charge in [0.25, 0.3) is 0 Å². The van der Waals surface area contributed by atoms with Crippen LogP contribution in [0.15, 0.2) is 24.3 Å². The summed E-state index contributed by atoms with van der Waals surface area (Å²) in [5.74, 6) is -0.596. The van der Waals surface area contributed by atoms with E-state index in [-0.39, 0.29) is 5.97 Å². The number of carbonyl (C=O) groups excluding carboxylic acids is 1. The van der Waals surface area contributed by atoms with Crippen molar-refractivity contribution < 1.29 is 14.3 Å². The Labute approximate surface area is 90.0 Å². The predicted octanol–water partition coefficient (Wildman–Crippen LogP) is 3.00. The van der Waals surface area contributed by atoms with E-state index in [2.05, 4.69) is 0 Å². The van der Waals surface area contributed by atoms with E-state index in [1.807, 2.05) is 19.9 Å². The Balaban J connectivity index is 0.000000531. The van der Waals surface area contributed by atoms with Gasteiger partial charge in [-0.15, -0.1) is 0 Å². The summed E-state index contributed by atoms with van der Waals surface area (Å²) < 4.78 is 10.5. The van der Waals surface area contributed by atoms with Crippen molar-refractivity contribution in [1.29, 1.82) is 0 Å². The number of rotatable bonds is 0. The molecule has 0 radical (unpaired) electrons. The van der Waals surface area contributed by atoms with E-state index in [0.29, 0.717) is 11.3 Å². The van der Waals surface area contributed by atoms with Crippen LogP contribution in [0, 0.1) is 0 Å². The third kappa shape index (κ3) is 2.49. The molecule has 1 aliphatic rings. The molecule has 2 rings (SSSR count). The Morgan fingerprint density at radius 1 is 1.07 bits per heavy atom. The number of hydrogen-bond donors (Lipinski definition) is 0. The van der Waals surface area contributed by atoms with Crippen LogP contribution in [-0.4, -0.2) is 11.8 Å². The molecule has 0 aliphatic carbocycles. The molecular formula is C12H16O3. The third-order valence-electron chi connectivity index (χ3n) is 1.80. The maximum atomic E-state index is 11.4. The highest BCUT2D eigenvalue weighted by Gasteiger charge is 2.33. The number of ether oxygens (including phenoxy) is 2. The van der Waals surface area contributed by atoms with Crippen molar-refractivity contribution in [3.63, 3.8) is 0 Å². The molecule has 0 bridgehead atoms. The van der Waals surface area contributed by atoms with Crippen LogP contribution in [0.4, 0.5) is 0 Å². The molecule has 1 heterocycles. The average molecular weight is 208 g/mol. The van der Waals surface area contributed by atoms with Gasteiger partial charge in [0, 0.05) is 13.8 Å². The molecular weight excluding hydrogens is 192 g/mol. The highest BCUT2D eigenvalue weighted by molar-refractivity contribution is 5.93. The van der Waals surface area contributed by atoms with Gasteiger partial charge in [-0.25, -0.2) is 4.79 Å². The molecule has 0 aromatic heterocycles. The van der Waals surface area contributed by atoms with Crippen LogP contribution >= 0.6 is 0 Å². The van der Waals surface area contributed by atoms with Crippen LogP contribution < -0.4 is 4.74 Å². The number of benzene rings is 1. The van der Waals surface area contributed by atoms with Crippen molar-refractivity contribution in [3.8, 4) is 5.75 Å². The quantitative estimate of drug-likeness (QED) is 0.615. The van der Waals surface area contributed by atoms with Crippen molar-refractivity contribution in [1.82, 2.24) is 0 Å². The van der Waals surface area contributed by atoms with Crippen LogP contribution in [0.1, 0.15) is 38.1 Å². The number of esters is 1. The van der Waals surface area contributed by atoms with Crippen LogP contribution in [0.2, 0.25) is 0 Å². The zero-order valence-corrected chi connectivity index (χ0v) is 9.53. The lowest BCUT2D eigenvalue weighted by atomic mass is 10.1. The first kappa shape index (κ1) is 11.6. The monoisotopic (exact) mass is 208 g/mol. The van der Waals surface area contributed by atoms with Crippen molar-refractivity contribution in [3.05, 3.63) is 29.8 Å². The number of cyclic esters (lactones) is 1. The second-order valence-electron chi connectivity index (χ2n) is 3.39. The fraction of sp³-hybridized carbons (Fsp3) is 0.417. The van der Waals surface area contributed by atoms with Crippen LogP contribution in [0.5, 0.6) is 5.75 Å². The molecule has 0 amide bonds. The number of hydrogen-bond acceptors (Lipinski definition) is 3. The van der Waals surface area contributed by atoms with E-state index in [4.69, 9.17) is 9.47 Å². The summed E-state index contributed by atoms with van der Waals surface area (Å²) in [4.78, 5) is 11.4. The lowest BCUT2D eigenvalue weighted by Crippen LogP contribution is -2.38. The van der Waals surface area contributed by atoms with Crippen molar-refractivity contribution in [2.45, 2.75) is 33.5 Å². The van der Waals surface area contributed by atoms with Crippen LogP contribution in [-0.2, 0) is 4.74 Å². The summed E-state index contributed by atoms with van der Waals surface area (Å²) in [5, 5.41) is 0. The molecule has 15 heavy (non-hydrogen) atoms. The van der Waals surface area contributed by atoms with Crippen LogP contribution in [0.25, 0.3) is 0 Å². The maximum absolute atomic E-state index is 11.4. The highest BCUT2D eigenvalue weighted by Crippen LogP contribution is 2.30. The van der Waals surface area contributed by atoms with E-state index in [9.17, 15) is 4.79 Å². The normalized spacial score (nSPS) is 16.4. The predicted molar refractivity (Wildman–Crippen MR) is 57.9 cm³/mol. The maximum Gasteiger partial charge on any atom is 0.345 e. The van der Waals surface area contributed by atoms with Gasteiger partial charge in [-0.2, -0.15) is 0 Å². The molecule has 82 valence electrons. The number of fused-ring (bicyclic) bond motifs is 1. The van der Waals surface area contributed by atoms with E-state index in [1.54, 1.807) is 32.0 Å². The molecule has 0 unspecified atom stereocenters. The summed E-state index contributed by atoms with van der Waals surface area (Å²) >= 11 is 0. The lowest BCUT2D eigenvalue weighted by Gasteiger charge is -2.31. The van der Waals surface area contributed by atoms with Crippen molar-refractivity contribution >= 4 is 5.97 Å². The zero-order valence-electron chi connectivity index (χ0n) is 9.53. The summed E-state index contributed by atoms with van der Waals surface area (Å²) in [6, 6.07) is 7.06. The Kier molecular flexibility index (Phi) is 3.35. The third-order valence-corrected chi connectivity index (χ3v) is 1.80. The van der Waals surface area contributed by atoms with Gasteiger partial charge < -0.3 is 9.47 Å². The number of para-hydroxylation sites is 1. The molecule has 0 saturated carbocycles. The molecule has 1 aromatic rings. The Morgan fingerprint density at radius 3 is 2.33 bits per heavy atom.